The highest BCUT2D eigenvalue weighted by molar-refractivity contribution is 7.22. The fraction of sp³-hybridized carbons (Fsp3) is 0.421. The van der Waals surface area contributed by atoms with Gasteiger partial charge in [-0.05, 0) is 25.0 Å². The molecule has 1 fully saturated rings. The molecule has 0 atom stereocenters. The highest BCUT2D eigenvalue weighted by atomic mass is 35.5. The molecular formula is C19H20Cl2N2O5S. The van der Waals surface area contributed by atoms with Crippen LogP contribution in [0.25, 0.3) is 10.1 Å². The van der Waals surface area contributed by atoms with Crippen molar-refractivity contribution in [1.29, 1.82) is 0 Å². The molecule has 1 aromatic heterocycles. The van der Waals surface area contributed by atoms with Gasteiger partial charge in [0.05, 0.1) is 16.8 Å². The van der Waals surface area contributed by atoms with E-state index in [1.165, 1.54) is 7.11 Å². The third kappa shape index (κ3) is 5.12. The molecule has 0 unspecified atom stereocenters. The molecule has 29 heavy (non-hydrogen) atoms. The van der Waals surface area contributed by atoms with E-state index < -0.39 is 24.5 Å². The first-order valence-corrected chi connectivity index (χ1v) is 10.7. The van der Waals surface area contributed by atoms with Gasteiger partial charge < -0.3 is 14.8 Å². The minimum absolute atomic E-state index is 0.0678. The molecule has 3 rings (SSSR count). The van der Waals surface area contributed by atoms with E-state index >= 15 is 0 Å². The number of halogens is 2. The third-order valence-corrected chi connectivity index (χ3v) is 6.83. The Balaban J connectivity index is 1.57. The van der Waals surface area contributed by atoms with Gasteiger partial charge in [-0.1, -0.05) is 42.5 Å². The standard InChI is InChI=1S/C19H20Cl2N2O5S/c1-27-12-8-7-11-14(20)17(29-16(11)15(12)21)18(25)28-9-13(24)23-19(26)22-10-5-3-2-4-6-10/h7-8,10H,2-6,9H2,1H3,(H2,22,23,24,26). The number of esters is 1. The highest BCUT2D eigenvalue weighted by Gasteiger charge is 2.23. The summed E-state index contributed by atoms with van der Waals surface area (Å²) in [5.74, 6) is -1.03. The average Bonchev–Trinajstić information content (AvgIpc) is 3.05. The summed E-state index contributed by atoms with van der Waals surface area (Å²) in [6.45, 7) is -0.599. The number of fused-ring (bicyclic) bond motifs is 1. The number of rotatable bonds is 5. The van der Waals surface area contributed by atoms with Crippen molar-refractivity contribution in [3.63, 3.8) is 0 Å². The highest BCUT2D eigenvalue weighted by Crippen LogP contribution is 2.43. The minimum atomic E-state index is -0.769. The summed E-state index contributed by atoms with van der Waals surface area (Å²) < 4.78 is 10.7. The lowest BCUT2D eigenvalue weighted by molar-refractivity contribution is -0.123. The Bertz CT molecular complexity index is 940. The van der Waals surface area contributed by atoms with Gasteiger partial charge in [0, 0.05) is 11.4 Å². The molecule has 0 aliphatic heterocycles. The van der Waals surface area contributed by atoms with Crippen molar-refractivity contribution in [1.82, 2.24) is 10.6 Å². The van der Waals surface area contributed by atoms with Crippen LogP contribution in [0.15, 0.2) is 12.1 Å². The smallest absolute Gasteiger partial charge is 0.350 e. The van der Waals surface area contributed by atoms with E-state index in [4.69, 9.17) is 32.7 Å². The fourth-order valence-electron chi connectivity index (χ4n) is 3.20. The molecule has 1 heterocycles. The van der Waals surface area contributed by atoms with E-state index in [1.807, 2.05) is 0 Å². The number of amides is 3. The summed E-state index contributed by atoms with van der Waals surface area (Å²) in [7, 11) is 1.49. The van der Waals surface area contributed by atoms with Crippen LogP contribution in [0, 0.1) is 0 Å². The molecule has 0 radical (unpaired) electrons. The van der Waals surface area contributed by atoms with Crippen LogP contribution in [-0.4, -0.2) is 37.7 Å². The summed E-state index contributed by atoms with van der Waals surface area (Å²) >= 11 is 13.6. The second-order valence-corrected chi connectivity index (χ2v) is 8.41. The van der Waals surface area contributed by atoms with Crippen molar-refractivity contribution in [3.05, 3.63) is 27.1 Å². The number of urea groups is 1. The summed E-state index contributed by atoms with van der Waals surface area (Å²) in [4.78, 5) is 36.3. The normalized spacial score (nSPS) is 14.4. The summed E-state index contributed by atoms with van der Waals surface area (Å²) in [5, 5.41) is 6.04. The van der Waals surface area contributed by atoms with Crippen molar-refractivity contribution < 1.29 is 23.9 Å². The monoisotopic (exact) mass is 458 g/mol. The van der Waals surface area contributed by atoms with E-state index in [9.17, 15) is 14.4 Å². The molecule has 1 saturated carbocycles. The van der Waals surface area contributed by atoms with Crippen molar-refractivity contribution in [2.45, 2.75) is 38.1 Å². The SMILES string of the molecule is COc1ccc2c(Cl)c(C(=O)OCC(=O)NC(=O)NC3CCCCC3)sc2c1Cl. The predicted molar refractivity (Wildman–Crippen MR) is 112 cm³/mol. The van der Waals surface area contributed by atoms with Crippen LogP contribution in [0.5, 0.6) is 5.75 Å². The number of carbonyl (C=O) groups is 3. The number of ether oxygens (including phenoxy) is 2. The second-order valence-electron chi connectivity index (χ2n) is 6.64. The zero-order valence-corrected chi connectivity index (χ0v) is 18.0. The van der Waals surface area contributed by atoms with Crippen LogP contribution in [0.1, 0.15) is 41.8 Å². The summed E-state index contributed by atoms with van der Waals surface area (Å²) in [5.41, 5.74) is 0. The van der Waals surface area contributed by atoms with E-state index in [1.54, 1.807) is 12.1 Å². The topological polar surface area (TPSA) is 93.7 Å². The Labute approximate surface area is 181 Å². The van der Waals surface area contributed by atoms with E-state index in [-0.39, 0.29) is 15.9 Å². The van der Waals surface area contributed by atoms with Crippen LogP contribution in [0.4, 0.5) is 4.79 Å². The van der Waals surface area contributed by atoms with Crippen molar-refractivity contribution in [2.24, 2.45) is 0 Å². The number of imide groups is 1. The van der Waals surface area contributed by atoms with E-state index in [0.717, 1.165) is 43.4 Å². The van der Waals surface area contributed by atoms with Crippen molar-refractivity contribution >= 4 is 62.5 Å². The first-order valence-electron chi connectivity index (χ1n) is 9.12. The molecule has 7 nitrogen and oxygen atoms in total. The number of nitrogens with one attached hydrogen (secondary N) is 2. The second kappa shape index (κ2) is 9.65. The maximum Gasteiger partial charge on any atom is 0.350 e. The zero-order chi connectivity index (χ0) is 21.0. The Kier molecular flexibility index (Phi) is 7.21. The maximum atomic E-state index is 12.4. The Morgan fingerprint density at radius 3 is 2.55 bits per heavy atom. The molecule has 0 bridgehead atoms. The molecule has 1 aliphatic rings. The van der Waals surface area contributed by atoms with Crippen LogP contribution < -0.4 is 15.4 Å². The van der Waals surface area contributed by atoms with Crippen molar-refractivity contribution in [2.75, 3.05) is 13.7 Å². The predicted octanol–water partition coefficient (Wildman–Crippen LogP) is 4.53. The van der Waals surface area contributed by atoms with Crippen LogP contribution in [0.3, 0.4) is 0 Å². The number of hydrogen-bond acceptors (Lipinski definition) is 6. The van der Waals surface area contributed by atoms with Crippen LogP contribution >= 0.6 is 34.5 Å². The molecule has 0 spiro atoms. The molecule has 1 aromatic carbocycles. The average molecular weight is 459 g/mol. The fourth-order valence-corrected chi connectivity index (χ4v) is 4.98. The first-order chi connectivity index (χ1) is 13.9. The van der Waals surface area contributed by atoms with Gasteiger partial charge in [0.15, 0.2) is 6.61 Å². The number of benzene rings is 1. The number of methoxy groups -OCH3 is 1. The number of hydrogen-bond donors (Lipinski definition) is 2. The molecule has 0 saturated heterocycles. The van der Waals surface area contributed by atoms with E-state index in [2.05, 4.69) is 10.6 Å². The quantitative estimate of drug-likeness (QED) is 0.641. The molecule has 10 heteroatoms. The molecular weight excluding hydrogens is 439 g/mol. The lowest BCUT2D eigenvalue weighted by atomic mass is 9.96. The number of carbonyl (C=O) groups excluding carboxylic acids is 3. The van der Waals surface area contributed by atoms with Gasteiger partial charge in [0.25, 0.3) is 5.91 Å². The molecule has 3 amide bonds. The minimum Gasteiger partial charge on any atom is -0.495 e. The Morgan fingerprint density at radius 1 is 1.14 bits per heavy atom. The van der Waals surface area contributed by atoms with Crippen LogP contribution in [-0.2, 0) is 9.53 Å². The van der Waals surface area contributed by atoms with Crippen molar-refractivity contribution in [3.8, 4) is 5.75 Å². The zero-order valence-electron chi connectivity index (χ0n) is 15.7. The van der Waals surface area contributed by atoms with Gasteiger partial charge in [-0.25, -0.2) is 9.59 Å². The lowest BCUT2D eigenvalue weighted by Crippen LogP contribution is -2.46. The largest absolute Gasteiger partial charge is 0.495 e. The first kappa shape index (κ1) is 21.7. The molecule has 2 aromatic rings. The van der Waals surface area contributed by atoms with Gasteiger partial charge in [0.2, 0.25) is 0 Å². The van der Waals surface area contributed by atoms with Gasteiger partial charge >= 0.3 is 12.0 Å². The van der Waals surface area contributed by atoms with Gasteiger partial charge in [0.1, 0.15) is 15.6 Å². The maximum absolute atomic E-state index is 12.4. The molecule has 2 N–H and O–H groups in total. The summed E-state index contributed by atoms with van der Waals surface area (Å²) in [6.07, 6.45) is 5.07. The Hall–Kier alpha value is -2.03. The molecule has 156 valence electrons. The van der Waals surface area contributed by atoms with Gasteiger partial charge in [-0.15, -0.1) is 11.3 Å². The van der Waals surface area contributed by atoms with Gasteiger partial charge in [-0.3, -0.25) is 10.1 Å². The lowest BCUT2D eigenvalue weighted by Gasteiger charge is -2.22. The summed E-state index contributed by atoms with van der Waals surface area (Å²) in [6, 6.07) is 2.82. The number of thiophene rings is 1. The third-order valence-electron chi connectivity index (χ3n) is 4.63. The van der Waals surface area contributed by atoms with Gasteiger partial charge in [-0.2, -0.15) is 0 Å². The Morgan fingerprint density at radius 2 is 1.86 bits per heavy atom. The molecule has 1 aliphatic carbocycles. The van der Waals surface area contributed by atoms with Crippen LogP contribution in [0.2, 0.25) is 10.0 Å². The van der Waals surface area contributed by atoms with E-state index in [0.29, 0.717) is 20.9 Å².